The fraction of sp³-hybridized carbons (Fsp3) is 0.846. The second kappa shape index (κ2) is 5.01. The van der Waals surface area contributed by atoms with Gasteiger partial charge in [-0.15, -0.1) is 6.42 Å². The smallest absolute Gasteiger partial charge is 0.0710 e. The molecular weight excluding hydrogens is 184 g/mol. The van der Waals surface area contributed by atoms with E-state index in [9.17, 15) is 0 Å². The van der Waals surface area contributed by atoms with Crippen molar-refractivity contribution in [1.82, 2.24) is 9.80 Å². The van der Waals surface area contributed by atoms with E-state index in [1.165, 1.54) is 45.4 Å². The first-order chi connectivity index (χ1) is 7.35. The number of hydrogen-bond donors (Lipinski definition) is 0. The lowest BCUT2D eigenvalue weighted by Crippen LogP contribution is -2.56. The van der Waals surface area contributed by atoms with Crippen molar-refractivity contribution in [1.29, 1.82) is 0 Å². The molecule has 2 atom stereocenters. The molecule has 0 N–H and O–H groups in total. The minimum atomic E-state index is 0.370. The molecule has 0 saturated carbocycles. The highest BCUT2D eigenvalue weighted by Crippen LogP contribution is 2.22. The van der Waals surface area contributed by atoms with Crippen LogP contribution in [-0.4, -0.2) is 48.1 Å². The fourth-order valence-electron chi connectivity index (χ4n) is 2.94. The minimum Gasteiger partial charge on any atom is -0.298 e. The molecule has 2 aliphatic heterocycles. The largest absolute Gasteiger partial charge is 0.298 e. The van der Waals surface area contributed by atoms with Gasteiger partial charge in [0.05, 0.1) is 6.04 Å². The van der Waals surface area contributed by atoms with Crippen LogP contribution < -0.4 is 0 Å². The standard InChI is InChI=1S/C13H22N2/c1-3-12(4-2)15-10-9-14-8-6-5-7-13(14)11-15/h1,12-13H,4-11H2,2H3. The summed E-state index contributed by atoms with van der Waals surface area (Å²) in [5.74, 6) is 2.92. The second-order valence-electron chi connectivity index (χ2n) is 4.77. The number of piperidine rings is 1. The number of rotatable bonds is 2. The Balaban J connectivity index is 1.93. The normalized spacial score (nSPS) is 30.5. The highest BCUT2D eigenvalue weighted by atomic mass is 15.3. The van der Waals surface area contributed by atoms with Gasteiger partial charge in [0, 0.05) is 25.7 Å². The molecule has 2 rings (SSSR count). The van der Waals surface area contributed by atoms with Crippen LogP contribution in [0.1, 0.15) is 32.6 Å². The van der Waals surface area contributed by atoms with Gasteiger partial charge in [0.15, 0.2) is 0 Å². The summed E-state index contributed by atoms with van der Waals surface area (Å²) in [6.07, 6.45) is 10.8. The minimum absolute atomic E-state index is 0.370. The van der Waals surface area contributed by atoms with Gasteiger partial charge in [0.25, 0.3) is 0 Å². The second-order valence-corrected chi connectivity index (χ2v) is 4.77. The Hall–Kier alpha value is -0.520. The summed E-state index contributed by atoms with van der Waals surface area (Å²) >= 11 is 0. The Kier molecular flexibility index (Phi) is 3.66. The van der Waals surface area contributed by atoms with Gasteiger partial charge in [-0.3, -0.25) is 9.80 Å². The molecule has 0 aromatic carbocycles. The van der Waals surface area contributed by atoms with E-state index in [-0.39, 0.29) is 0 Å². The zero-order chi connectivity index (χ0) is 10.7. The average molecular weight is 206 g/mol. The predicted octanol–water partition coefficient (Wildman–Crippen LogP) is 1.57. The summed E-state index contributed by atoms with van der Waals surface area (Å²) in [6, 6.07) is 1.16. The van der Waals surface area contributed by atoms with Crippen molar-refractivity contribution in [3.63, 3.8) is 0 Å². The van der Waals surface area contributed by atoms with E-state index in [0.717, 1.165) is 12.5 Å². The topological polar surface area (TPSA) is 6.48 Å². The molecule has 0 amide bonds. The van der Waals surface area contributed by atoms with Crippen LogP contribution in [0.2, 0.25) is 0 Å². The molecule has 0 bridgehead atoms. The molecule has 0 aliphatic carbocycles. The van der Waals surface area contributed by atoms with Gasteiger partial charge < -0.3 is 0 Å². The number of nitrogens with zero attached hydrogens (tertiary/aromatic N) is 2. The van der Waals surface area contributed by atoms with Gasteiger partial charge in [-0.2, -0.15) is 0 Å². The van der Waals surface area contributed by atoms with Crippen LogP contribution in [0.5, 0.6) is 0 Å². The van der Waals surface area contributed by atoms with Crippen molar-refractivity contribution in [3.05, 3.63) is 0 Å². The molecule has 15 heavy (non-hydrogen) atoms. The van der Waals surface area contributed by atoms with E-state index in [0.29, 0.717) is 6.04 Å². The van der Waals surface area contributed by atoms with Crippen molar-refractivity contribution < 1.29 is 0 Å². The van der Waals surface area contributed by atoms with Crippen LogP contribution in [0.4, 0.5) is 0 Å². The monoisotopic (exact) mass is 206 g/mol. The Labute approximate surface area is 93.6 Å². The van der Waals surface area contributed by atoms with Crippen LogP contribution in [0.25, 0.3) is 0 Å². The maximum atomic E-state index is 5.58. The molecule has 2 unspecified atom stereocenters. The zero-order valence-electron chi connectivity index (χ0n) is 9.78. The Morgan fingerprint density at radius 2 is 2.20 bits per heavy atom. The maximum absolute atomic E-state index is 5.58. The Morgan fingerprint density at radius 1 is 1.33 bits per heavy atom. The van der Waals surface area contributed by atoms with E-state index >= 15 is 0 Å². The van der Waals surface area contributed by atoms with Crippen LogP contribution in [0.3, 0.4) is 0 Å². The maximum Gasteiger partial charge on any atom is 0.0710 e. The summed E-state index contributed by atoms with van der Waals surface area (Å²) in [4.78, 5) is 5.16. The van der Waals surface area contributed by atoms with Crippen LogP contribution in [0.15, 0.2) is 0 Å². The molecule has 2 saturated heterocycles. The van der Waals surface area contributed by atoms with Gasteiger partial charge in [0.2, 0.25) is 0 Å². The van der Waals surface area contributed by atoms with Crippen LogP contribution in [0, 0.1) is 12.3 Å². The molecule has 2 aliphatic rings. The molecular formula is C13H22N2. The van der Waals surface area contributed by atoms with Gasteiger partial charge >= 0.3 is 0 Å². The van der Waals surface area contributed by atoms with Gasteiger partial charge in [-0.25, -0.2) is 0 Å². The number of hydrogen-bond acceptors (Lipinski definition) is 2. The first-order valence-corrected chi connectivity index (χ1v) is 6.29. The third-order valence-corrected chi connectivity index (χ3v) is 3.89. The summed E-state index contributed by atoms with van der Waals surface area (Å²) in [6.45, 7) is 7.09. The highest BCUT2D eigenvalue weighted by Gasteiger charge is 2.30. The molecule has 84 valence electrons. The molecule has 2 heteroatoms. The van der Waals surface area contributed by atoms with E-state index in [1.54, 1.807) is 0 Å². The van der Waals surface area contributed by atoms with Crippen molar-refractivity contribution in [2.75, 3.05) is 26.2 Å². The van der Waals surface area contributed by atoms with Crippen molar-refractivity contribution in [2.24, 2.45) is 0 Å². The quantitative estimate of drug-likeness (QED) is 0.633. The summed E-state index contributed by atoms with van der Waals surface area (Å²) in [5.41, 5.74) is 0. The van der Waals surface area contributed by atoms with Crippen LogP contribution in [-0.2, 0) is 0 Å². The number of fused-ring (bicyclic) bond motifs is 1. The third-order valence-electron chi connectivity index (χ3n) is 3.89. The summed E-state index contributed by atoms with van der Waals surface area (Å²) in [7, 11) is 0. The zero-order valence-corrected chi connectivity index (χ0v) is 9.78. The average Bonchev–Trinajstić information content (AvgIpc) is 2.30. The first kappa shape index (κ1) is 11.0. The lowest BCUT2D eigenvalue weighted by atomic mass is 9.98. The molecule has 2 nitrogen and oxygen atoms in total. The molecule has 0 radical (unpaired) electrons. The van der Waals surface area contributed by atoms with E-state index in [1.807, 2.05) is 0 Å². The van der Waals surface area contributed by atoms with Crippen molar-refractivity contribution in [3.8, 4) is 12.3 Å². The molecule has 0 aromatic heterocycles. The molecule has 2 fully saturated rings. The van der Waals surface area contributed by atoms with E-state index in [2.05, 4.69) is 22.6 Å². The predicted molar refractivity (Wildman–Crippen MR) is 63.7 cm³/mol. The molecule has 0 aromatic rings. The number of terminal acetylenes is 1. The molecule has 0 spiro atoms. The van der Waals surface area contributed by atoms with E-state index < -0.39 is 0 Å². The fourth-order valence-corrected chi connectivity index (χ4v) is 2.94. The molecule has 2 heterocycles. The van der Waals surface area contributed by atoms with Crippen molar-refractivity contribution >= 4 is 0 Å². The number of piperazine rings is 1. The highest BCUT2D eigenvalue weighted by molar-refractivity contribution is 5.01. The van der Waals surface area contributed by atoms with Crippen molar-refractivity contribution in [2.45, 2.75) is 44.7 Å². The van der Waals surface area contributed by atoms with Crippen LogP contribution >= 0.6 is 0 Å². The third kappa shape index (κ3) is 2.35. The summed E-state index contributed by atoms with van der Waals surface area (Å²) < 4.78 is 0. The van der Waals surface area contributed by atoms with Gasteiger partial charge in [-0.05, 0) is 25.8 Å². The first-order valence-electron chi connectivity index (χ1n) is 6.29. The Morgan fingerprint density at radius 3 is 2.93 bits per heavy atom. The van der Waals surface area contributed by atoms with E-state index in [4.69, 9.17) is 6.42 Å². The lowest BCUT2D eigenvalue weighted by Gasteiger charge is -2.45. The SMILES string of the molecule is C#CC(CC)N1CCN2CCCCC2C1. The Bertz CT molecular complexity index is 243. The van der Waals surface area contributed by atoms with Gasteiger partial charge in [0.1, 0.15) is 0 Å². The van der Waals surface area contributed by atoms with Gasteiger partial charge in [-0.1, -0.05) is 19.3 Å². The summed E-state index contributed by atoms with van der Waals surface area (Å²) in [5, 5.41) is 0. The lowest BCUT2D eigenvalue weighted by molar-refractivity contribution is 0.0378.